The maximum absolute atomic E-state index is 13.3. The number of anilines is 1. The van der Waals surface area contributed by atoms with Gasteiger partial charge in [-0.25, -0.2) is 0 Å². The first-order valence-electron chi connectivity index (χ1n) is 10.3. The maximum Gasteiger partial charge on any atom is 0.227 e. The number of benzene rings is 1. The quantitative estimate of drug-likeness (QED) is 0.543. The predicted molar refractivity (Wildman–Crippen MR) is 127 cm³/mol. The molecule has 1 aliphatic carbocycles. The number of nitrogens with zero attached hydrogens (tertiary/aromatic N) is 4. The molecule has 2 aliphatic rings. The molecule has 0 bridgehead atoms. The first-order valence-corrected chi connectivity index (χ1v) is 12.1. The summed E-state index contributed by atoms with van der Waals surface area (Å²) < 4.78 is 11.4. The molecule has 4 rings (SSSR count). The number of methoxy groups -OCH3 is 2. The monoisotopic (exact) mass is 498 g/mol. The number of aromatic nitrogens is 2. The van der Waals surface area contributed by atoms with Gasteiger partial charge in [-0.2, -0.15) is 5.26 Å². The van der Waals surface area contributed by atoms with Crippen molar-refractivity contribution in [2.75, 3.05) is 24.9 Å². The van der Waals surface area contributed by atoms with Crippen LogP contribution in [0.4, 0.5) is 5.13 Å². The molecule has 0 saturated heterocycles. The zero-order valence-corrected chi connectivity index (χ0v) is 20.2. The Morgan fingerprint density at radius 1 is 1.32 bits per heavy atom. The Balaban J connectivity index is 1.87. The first-order chi connectivity index (χ1) is 16.4. The molecule has 2 aromatic rings. The number of nitrogens with two attached hydrogens (primary N) is 2. The van der Waals surface area contributed by atoms with Gasteiger partial charge in [-0.3, -0.25) is 14.5 Å². The van der Waals surface area contributed by atoms with Crippen molar-refractivity contribution in [3.05, 3.63) is 46.4 Å². The van der Waals surface area contributed by atoms with Gasteiger partial charge in [0.25, 0.3) is 0 Å². The van der Waals surface area contributed by atoms with E-state index in [1.165, 1.54) is 30.2 Å². The molecule has 1 aromatic heterocycles. The SMILES string of the molecule is COc1ccc(C2C(C#N)=C(N)N(c3nnc(SCC(N)=O)s3)C3=C2C(=O)CCC3)c(OC)c1. The van der Waals surface area contributed by atoms with Gasteiger partial charge in [0, 0.05) is 29.3 Å². The van der Waals surface area contributed by atoms with Gasteiger partial charge in [0.1, 0.15) is 17.3 Å². The molecule has 1 amide bonds. The van der Waals surface area contributed by atoms with Crippen molar-refractivity contribution in [3.63, 3.8) is 0 Å². The van der Waals surface area contributed by atoms with E-state index < -0.39 is 11.8 Å². The second kappa shape index (κ2) is 9.74. The van der Waals surface area contributed by atoms with Gasteiger partial charge in [0.15, 0.2) is 10.1 Å². The van der Waals surface area contributed by atoms with Crippen molar-refractivity contribution in [1.82, 2.24) is 10.2 Å². The number of thioether (sulfide) groups is 1. The lowest BCUT2D eigenvalue weighted by Crippen LogP contribution is -2.38. The van der Waals surface area contributed by atoms with Gasteiger partial charge in [-0.1, -0.05) is 29.2 Å². The molecule has 10 nitrogen and oxygen atoms in total. The molecule has 1 atom stereocenters. The van der Waals surface area contributed by atoms with Crippen LogP contribution < -0.4 is 25.8 Å². The van der Waals surface area contributed by atoms with E-state index in [2.05, 4.69) is 16.3 Å². The van der Waals surface area contributed by atoms with E-state index in [4.69, 9.17) is 20.9 Å². The minimum absolute atomic E-state index is 0.0535. The number of amides is 1. The van der Waals surface area contributed by atoms with Crippen LogP contribution in [0.1, 0.15) is 30.7 Å². The Bertz CT molecular complexity index is 1260. The van der Waals surface area contributed by atoms with Crippen LogP contribution in [0.3, 0.4) is 0 Å². The second-order valence-electron chi connectivity index (χ2n) is 7.53. The average molecular weight is 499 g/mol. The highest BCUT2D eigenvalue weighted by Crippen LogP contribution is 2.49. The number of primary amides is 1. The molecule has 1 unspecified atom stereocenters. The Morgan fingerprint density at radius 2 is 2.12 bits per heavy atom. The van der Waals surface area contributed by atoms with Crippen LogP contribution in [0.5, 0.6) is 11.5 Å². The molecule has 0 radical (unpaired) electrons. The fraction of sp³-hybridized carbons (Fsp3) is 0.318. The number of hydrogen-bond acceptors (Lipinski definition) is 11. The highest BCUT2D eigenvalue weighted by Gasteiger charge is 2.42. The van der Waals surface area contributed by atoms with Crippen molar-refractivity contribution < 1.29 is 19.1 Å². The van der Waals surface area contributed by atoms with E-state index in [1.807, 2.05) is 0 Å². The Hall–Kier alpha value is -3.56. The largest absolute Gasteiger partial charge is 0.497 e. The number of carbonyl (C=O) groups excluding carboxylic acids is 2. The van der Waals surface area contributed by atoms with Crippen LogP contribution in [-0.2, 0) is 9.59 Å². The molecule has 12 heteroatoms. The third-order valence-corrected chi connectivity index (χ3v) is 7.65. The number of allylic oxidation sites excluding steroid dienone is 3. The van der Waals surface area contributed by atoms with Gasteiger partial charge in [0.2, 0.25) is 11.0 Å². The smallest absolute Gasteiger partial charge is 0.227 e. The number of Topliss-reactive ketones (excluding diaryl/α,β-unsaturated/α-hetero) is 1. The molecule has 1 aromatic carbocycles. The maximum atomic E-state index is 13.3. The minimum Gasteiger partial charge on any atom is -0.497 e. The van der Waals surface area contributed by atoms with Crippen LogP contribution in [0.25, 0.3) is 0 Å². The molecule has 176 valence electrons. The molecule has 0 spiro atoms. The van der Waals surface area contributed by atoms with E-state index in [-0.39, 0.29) is 22.9 Å². The Morgan fingerprint density at radius 3 is 2.79 bits per heavy atom. The van der Waals surface area contributed by atoms with Crippen molar-refractivity contribution in [1.29, 1.82) is 5.26 Å². The molecule has 34 heavy (non-hydrogen) atoms. The number of carbonyl (C=O) groups is 2. The Kier molecular flexibility index (Phi) is 6.76. The minimum atomic E-state index is -0.679. The summed E-state index contributed by atoms with van der Waals surface area (Å²) in [7, 11) is 3.08. The topological polar surface area (TPSA) is 157 Å². The lowest BCUT2D eigenvalue weighted by atomic mass is 9.75. The highest BCUT2D eigenvalue weighted by molar-refractivity contribution is 8.01. The molecule has 2 heterocycles. The lowest BCUT2D eigenvalue weighted by molar-refractivity contribution is -0.116. The summed E-state index contributed by atoms with van der Waals surface area (Å²) in [6, 6.07) is 7.48. The predicted octanol–water partition coefficient (Wildman–Crippen LogP) is 2.44. The second-order valence-corrected chi connectivity index (χ2v) is 9.71. The summed E-state index contributed by atoms with van der Waals surface area (Å²) in [5.74, 6) is 0.127. The van der Waals surface area contributed by atoms with Gasteiger partial charge in [-0.15, -0.1) is 10.2 Å². The van der Waals surface area contributed by atoms with E-state index in [1.54, 1.807) is 30.2 Å². The van der Waals surface area contributed by atoms with E-state index >= 15 is 0 Å². The zero-order chi connectivity index (χ0) is 24.4. The standard InChI is InChI=1S/C22H22N6O4S2/c1-31-11-6-7-12(16(8-11)32-2)18-13(9-23)20(25)28(14-4-3-5-15(29)19(14)18)21-26-27-22(34-21)33-10-17(24)30/h6-8,18H,3-5,10,25H2,1-2H3,(H2,24,30). The zero-order valence-electron chi connectivity index (χ0n) is 18.5. The van der Waals surface area contributed by atoms with Gasteiger partial charge in [-0.05, 0) is 18.9 Å². The van der Waals surface area contributed by atoms with Crippen molar-refractivity contribution >= 4 is 39.9 Å². The van der Waals surface area contributed by atoms with E-state index in [0.717, 1.165) is 0 Å². The molecule has 0 saturated carbocycles. The van der Waals surface area contributed by atoms with Gasteiger partial charge in [0.05, 0.1) is 37.5 Å². The summed E-state index contributed by atoms with van der Waals surface area (Å²) in [6.07, 6.45) is 1.60. The van der Waals surface area contributed by atoms with Crippen molar-refractivity contribution in [3.8, 4) is 17.6 Å². The summed E-state index contributed by atoms with van der Waals surface area (Å²) in [5, 5.41) is 18.9. The summed E-state index contributed by atoms with van der Waals surface area (Å²) in [4.78, 5) is 26.0. The number of nitriles is 1. The van der Waals surface area contributed by atoms with Crippen LogP contribution in [0, 0.1) is 11.3 Å². The van der Waals surface area contributed by atoms with Crippen LogP contribution in [0.2, 0.25) is 0 Å². The fourth-order valence-corrected chi connectivity index (χ4v) is 5.78. The molecule has 4 N–H and O–H groups in total. The average Bonchev–Trinajstić information content (AvgIpc) is 3.30. The molecule has 1 aliphatic heterocycles. The van der Waals surface area contributed by atoms with Crippen molar-refractivity contribution in [2.45, 2.75) is 29.5 Å². The fourth-order valence-electron chi connectivity index (χ4n) is 4.16. The first kappa shape index (κ1) is 23.6. The number of rotatable bonds is 7. The van der Waals surface area contributed by atoms with E-state index in [0.29, 0.717) is 57.1 Å². The van der Waals surface area contributed by atoms with Crippen molar-refractivity contribution in [2.24, 2.45) is 11.5 Å². The number of ketones is 1. The molecular weight excluding hydrogens is 476 g/mol. The van der Waals surface area contributed by atoms with Crippen LogP contribution in [-0.4, -0.2) is 41.9 Å². The lowest BCUT2D eigenvalue weighted by Gasteiger charge is -2.38. The summed E-state index contributed by atoms with van der Waals surface area (Å²) in [5.41, 5.74) is 13.8. The molecular formula is C22H22N6O4S2. The number of ether oxygens (including phenoxy) is 2. The van der Waals surface area contributed by atoms with Gasteiger partial charge < -0.3 is 20.9 Å². The Labute approximate surface area is 204 Å². The van der Waals surface area contributed by atoms with Crippen LogP contribution >= 0.6 is 23.1 Å². The summed E-state index contributed by atoms with van der Waals surface area (Å²) >= 11 is 2.38. The highest BCUT2D eigenvalue weighted by atomic mass is 32.2. The number of hydrogen-bond donors (Lipinski definition) is 2. The van der Waals surface area contributed by atoms with E-state index in [9.17, 15) is 14.9 Å². The normalized spacial score (nSPS) is 18.0. The summed E-state index contributed by atoms with van der Waals surface area (Å²) in [6.45, 7) is 0. The third kappa shape index (κ3) is 4.20. The van der Waals surface area contributed by atoms with Crippen LogP contribution in [0.15, 0.2) is 45.2 Å². The van der Waals surface area contributed by atoms with Gasteiger partial charge >= 0.3 is 0 Å². The third-order valence-electron chi connectivity index (χ3n) is 5.59. The molecule has 0 fully saturated rings.